The number of nitrogens with zero attached hydrogens (tertiary/aromatic N) is 1. The minimum absolute atomic E-state index is 0.00673. The molecule has 0 spiro atoms. The lowest BCUT2D eigenvalue weighted by Gasteiger charge is -2.20. The highest BCUT2D eigenvalue weighted by Gasteiger charge is 2.36. The Labute approximate surface area is 160 Å². The molecule has 1 amide bonds. The number of nitrogens with one attached hydrogen (secondary N) is 2. The highest BCUT2D eigenvalue weighted by atomic mass is 32.2. The number of anilines is 1. The molecule has 2 aromatic rings. The van der Waals surface area contributed by atoms with E-state index >= 15 is 0 Å². The third-order valence-corrected chi connectivity index (χ3v) is 5.86. The van der Waals surface area contributed by atoms with E-state index in [0.717, 1.165) is 12.1 Å². The second-order valence-corrected chi connectivity index (χ2v) is 8.06. The molecule has 3 rings (SSSR count). The van der Waals surface area contributed by atoms with Crippen LogP contribution in [0.5, 0.6) is 5.75 Å². The lowest BCUT2D eigenvalue weighted by atomic mass is 10.1. The lowest BCUT2D eigenvalue weighted by molar-refractivity contribution is 0.0991. The van der Waals surface area contributed by atoms with Crippen LogP contribution in [0, 0.1) is 11.6 Å². The van der Waals surface area contributed by atoms with Crippen LogP contribution in [-0.2, 0) is 17.1 Å². The highest BCUT2D eigenvalue weighted by molar-refractivity contribution is 7.89. The van der Waals surface area contributed by atoms with Gasteiger partial charge in [-0.15, -0.1) is 0 Å². The van der Waals surface area contributed by atoms with Gasteiger partial charge in [0, 0.05) is 25.0 Å². The van der Waals surface area contributed by atoms with Gasteiger partial charge in [-0.25, -0.2) is 21.9 Å². The van der Waals surface area contributed by atoms with E-state index in [0.29, 0.717) is 6.42 Å². The Kier molecular flexibility index (Phi) is 5.41. The summed E-state index contributed by atoms with van der Waals surface area (Å²) in [7, 11) is -2.60. The molecule has 0 saturated carbocycles. The maximum absolute atomic E-state index is 13.4. The van der Waals surface area contributed by atoms with Crippen molar-refractivity contribution in [3.05, 3.63) is 41.7 Å². The molecule has 28 heavy (non-hydrogen) atoms. The number of carbonyl (C=O) groups is 1. The van der Waals surface area contributed by atoms with Crippen molar-refractivity contribution in [1.82, 2.24) is 9.29 Å². The third kappa shape index (κ3) is 3.73. The summed E-state index contributed by atoms with van der Waals surface area (Å²) in [6.45, 7) is 1.51. The molecule has 11 heteroatoms. The second-order valence-electron chi connectivity index (χ2n) is 6.38. The summed E-state index contributed by atoms with van der Waals surface area (Å²) >= 11 is 0. The zero-order valence-corrected chi connectivity index (χ0v) is 15.9. The summed E-state index contributed by atoms with van der Waals surface area (Å²) in [5.74, 6) is -3.14. The number of hydrogen-bond donors (Lipinski definition) is 3. The molecule has 1 aromatic heterocycles. The molecule has 2 heterocycles. The first kappa shape index (κ1) is 20.2. The van der Waals surface area contributed by atoms with Gasteiger partial charge in [0.25, 0.3) is 5.91 Å². The van der Waals surface area contributed by atoms with Crippen LogP contribution in [-0.4, -0.2) is 42.8 Å². The van der Waals surface area contributed by atoms with Crippen molar-refractivity contribution < 1.29 is 31.8 Å². The molecular weight excluding hydrogens is 396 g/mol. The SMILES string of the molecule is CCC(O)[C@@H]1COc2c(cn(C)c2C(=O)Nc2ccc(F)c(F)c2)S(=O)(=O)N1. The average molecular weight is 415 g/mol. The number of hydrogen-bond acceptors (Lipinski definition) is 5. The molecular formula is C17H19F2N3O5S. The summed E-state index contributed by atoms with van der Waals surface area (Å²) in [5.41, 5.74) is -0.121. The number of fused-ring (bicyclic) bond motifs is 1. The number of aryl methyl sites for hydroxylation is 1. The Hall–Kier alpha value is -2.50. The molecule has 1 aliphatic heterocycles. The molecule has 0 aliphatic carbocycles. The average Bonchev–Trinajstić information content (AvgIpc) is 2.92. The number of benzene rings is 1. The number of ether oxygens (including phenoxy) is 1. The number of aliphatic hydroxyl groups is 1. The van der Waals surface area contributed by atoms with Gasteiger partial charge in [0.2, 0.25) is 10.0 Å². The van der Waals surface area contributed by atoms with Gasteiger partial charge in [-0.05, 0) is 18.6 Å². The van der Waals surface area contributed by atoms with Crippen molar-refractivity contribution in [3.8, 4) is 5.75 Å². The molecule has 1 aliphatic rings. The van der Waals surface area contributed by atoms with E-state index in [9.17, 15) is 27.1 Å². The normalized spacial score (nSPS) is 19.2. The Bertz CT molecular complexity index is 1020. The van der Waals surface area contributed by atoms with E-state index in [-0.39, 0.29) is 28.6 Å². The van der Waals surface area contributed by atoms with Crippen LogP contribution in [0.4, 0.5) is 14.5 Å². The van der Waals surface area contributed by atoms with E-state index < -0.39 is 39.7 Å². The summed E-state index contributed by atoms with van der Waals surface area (Å²) in [6, 6.07) is 1.96. The first-order valence-corrected chi connectivity index (χ1v) is 9.91. The van der Waals surface area contributed by atoms with Gasteiger partial charge >= 0.3 is 0 Å². The first-order chi connectivity index (χ1) is 13.1. The number of aliphatic hydroxyl groups excluding tert-OH is 1. The Morgan fingerprint density at radius 1 is 1.43 bits per heavy atom. The van der Waals surface area contributed by atoms with Crippen molar-refractivity contribution in [2.24, 2.45) is 7.05 Å². The maximum atomic E-state index is 13.4. The Morgan fingerprint density at radius 3 is 2.79 bits per heavy atom. The Morgan fingerprint density at radius 2 is 2.14 bits per heavy atom. The van der Waals surface area contributed by atoms with Crippen LogP contribution < -0.4 is 14.8 Å². The number of halogens is 2. The quantitative estimate of drug-likeness (QED) is 0.699. The minimum atomic E-state index is -4.05. The molecule has 1 unspecified atom stereocenters. The van der Waals surface area contributed by atoms with E-state index in [2.05, 4.69) is 10.0 Å². The molecule has 1 aromatic carbocycles. The van der Waals surface area contributed by atoms with Crippen molar-refractivity contribution in [2.45, 2.75) is 30.4 Å². The first-order valence-electron chi connectivity index (χ1n) is 8.43. The van der Waals surface area contributed by atoms with Crippen molar-refractivity contribution in [3.63, 3.8) is 0 Å². The van der Waals surface area contributed by atoms with Gasteiger partial charge in [-0.2, -0.15) is 0 Å². The van der Waals surface area contributed by atoms with Gasteiger partial charge < -0.3 is 19.7 Å². The highest BCUT2D eigenvalue weighted by Crippen LogP contribution is 2.33. The zero-order chi connectivity index (χ0) is 20.6. The second kappa shape index (κ2) is 7.49. The molecule has 8 nitrogen and oxygen atoms in total. The maximum Gasteiger partial charge on any atom is 0.276 e. The number of sulfonamides is 1. The minimum Gasteiger partial charge on any atom is -0.488 e. The smallest absolute Gasteiger partial charge is 0.276 e. The zero-order valence-electron chi connectivity index (χ0n) is 15.1. The van der Waals surface area contributed by atoms with E-state index in [1.54, 1.807) is 6.92 Å². The predicted octanol–water partition coefficient (Wildman–Crippen LogP) is 1.37. The van der Waals surface area contributed by atoms with Crippen LogP contribution in [0.15, 0.2) is 29.3 Å². The summed E-state index contributed by atoms with van der Waals surface area (Å²) < 4.78 is 60.8. The largest absolute Gasteiger partial charge is 0.488 e. The third-order valence-electron chi connectivity index (χ3n) is 4.38. The van der Waals surface area contributed by atoms with Crippen LogP contribution >= 0.6 is 0 Å². The lowest BCUT2D eigenvalue weighted by Crippen LogP contribution is -2.45. The summed E-state index contributed by atoms with van der Waals surface area (Å²) in [6.07, 6.45) is 0.545. The number of amides is 1. The fourth-order valence-electron chi connectivity index (χ4n) is 2.88. The molecule has 0 radical (unpaired) electrons. The van der Waals surface area contributed by atoms with Crippen molar-refractivity contribution in [2.75, 3.05) is 11.9 Å². The van der Waals surface area contributed by atoms with Gasteiger partial charge in [-0.1, -0.05) is 6.92 Å². The van der Waals surface area contributed by atoms with E-state index in [1.165, 1.54) is 23.9 Å². The van der Waals surface area contributed by atoms with Crippen LogP contribution in [0.1, 0.15) is 23.8 Å². The van der Waals surface area contributed by atoms with Gasteiger partial charge in [0.05, 0.1) is 12.1 Å². The fraction of sp³-hybridized carbons (Fsp3) is 0.353. The topological polar surface area (TPSA) is 110 Å². The summed E-state index contributed by atoms with van der Waals surface area (Å²) in [5, 5.41) is 12.4. The van der Waals surface area contributed by atoms with Crippen LogP contribution in [0.25, 0.3) is 0 Å². The molecule has 2 atom stereocenters. The van der Waals surface area contributed by atoms with E-state index in [1.807, 2.05) is 0 Å². The number of rotatable bonds is 4. The molecule has 0 bridgehead atoms. The predicted molar refractivity (Wildman–Crippen MR) is 95.6 cm³/mol. The van der Waals surface area contributed by atoms with Crippen molar-refractivity contribution in [1.29, 1.82) is 0 Å². The monoisotopic (exact) mass is 415 g/mol. The standard InChI is InChI=1S/C17H19F2N3O5S/c1-3-13(23)12-8-27-16-14(28(25,26)21-12)7-22(2)15(16)17(24)20-9-4-5-10(18)11(19)6-9/h4-7,12-13,21,23H,3,8H2,1-2H3,(H,20,24)/t12-,13?/m0/s1. The van der Waals surface area contributed by atoms with Gasteiger partial charge in [-0.3, -0.25) is 4.79 Å². The molecule has 0 saturated heterocycles. The van der Waals surface area contributed by atoms with Crippen molar-refractivity contribution >= 4 is 21.6 Å². The summed E-state index contributed by atoms with van der Waals surface area (Å²) in [4.78, 5) is 12.4. The van der Waals surface area contributed by atoms with E-state index in [4.69, 9.17) is 4.74 Å². The molecule has 3 N–H and O–H groups in total. The van der Waals surface area contributed by atoms with Crippen LogP contribution in [0.2, 0.25) is 0 Å². The molecule has 0 fully saturated rings. The molecule has 152 valence electrons. The van der Waals surface area contributed by atoms with Gasteiger partial charge in [0.1, 0.15) is 11.5 Å². The fourth-order valence-corrected chi connectivity index (χ4v) is 4.33. The number of carbonyl (C=O) groups excluding carboxylic acids is 1. The van der Waals surface area contributed by atoms with Crippen LogP contribution in [0.3, 0.4) is 0 Å². The van der Waals surface area contributed by atoms with Gasteiger partial charge in [0.15, 0.2) is 23.1 Å². The Balaban J connectivity index is 1.96. The number of aromatic nitrogens is 1.